The van der Waals surface area contributed by atoms with Gasteiger partial charge in [-0.25, -0.2) is 4.79 Å². The van der Waals surface area contributed by atoms with Crippen LogP contribution in [0.2, 0.25) is 0 Å². The molecule has 1 N–H and O–H groups in total. The van der Waals surface area contributed by atoms with E-state index in [-0.39, 0.29) is 17.9 Å². The lowest BCUT2D eigenvalue weighted by atomic mass is 9.99. The van der Waals surface area contributed by atoms with Gasteiger partial charge in [-0.1, -0.05) is 12.1 Å². The maximum atomic E-state index is 13.3. The lowest BCUT2D eigenvalue weighted by Crippen LogP contribution is -2.53. The minimum Gasteiger partial charge on any atom is -0.444 e. The quantitative estimate of drug-likeness (QED) is 0.782. The predicted molar refractivity (Wildman–Crippen MR) is 120 cm³/mol. The highest BCUT2D eigenvalue weighted by Crippen LogP contribution is 2.30. The number of hydrogen-bond acceptors (Lipinski definition) is 5. The van der Waals surface area contributed by atoms with Gasteiger partial charge < -0.3 is 19.9 Å². The number of benzene rings is 1. The fourth-order valence-electron chi connectivity index (χ4n) is 3.53. The highest BCUT2D eigenvalue weighted by Gasteiger charge is 2.36. The molecule has 7 nitrogen and oxygen atoms in total. The third-order valence-electron chi connectivity index (χ3n) is 5.00. The Morgan fingerprint density at radius 3 is 2.48 bits per heavy atom. The van der Waals surface area contributed by atoms with Crippen LogP contribution in [0.3, 0.4) is 0 Å². The lowest BCUT2D eigenvalue weighted by molar-refractivity contribution is 0.00417. The van der Waals surface area contributed by atoms with Crippen molar-refractivity contribution in [2.24, 2.45) is 0 Å². The molecular formula is C23H29N3O4S. The molecule has 0 unspecified atom stereocenters. The van der Waals surface area contributed by atoms with Crippen LogP contribution in [-0.2, 0) is 4.74 Å². The molecule has 166 valence electrons. The number of carbonyl (C=O) groups excluding carboxylic acids is 3. The molecule has 0 spiro atoms. The lowest BCUT2D eigenvalue weighted by Gasteiger charge is -2.41. The Kier molecular flexibility index (Phi) is 6.69. The van der Waals surface area contributed by atoms with Gasteiger partial charge in [-0.05, 0) is 57.5 Å². The van der Waals surface area contributed by atoms with Crippen molar-refractivity contribution in [1.29, 1.82) is 0 Å². The third kappa shape index (κ3) is 5.44. The Bertz CT molecular complexity index is 979. The maximum Gasteiger partial charge on any atom is 0.410 e. The van der Waals surface area contributed by atoms with Crippen LogP contribution in [0, 0.1) is 6.92 Å². The summed E-state index contributed by atoms with van der Waals surface area (Å²) in [5.74, 6) is -0.272. The molecule has 2 heterocycles. The number of rotatable bonds is 3. The number of piperazine rings is 1. The molecule has 1 aliphatic heterocycles. The van der Waals surface area contributed by atoms with Crippen molar-refractivity contribution in [3.63, 3.8) is 0 Å². The van der Waals surface area contributed by atoms with Crippen molar-refractivity contribution >= 4 is 29.2 Å². The first-order chi connectivity index (χ1) is 14.6. The van der Waals surface area contributed by atoms with Gasteiger partial charge in [0.1, 0.15) is 5.60 Å². The summed E-state index contributed by atoms with van der Waals surface area (Å²) in [4.78, 5) is 43.3. The molecular weight excluding hydrogens is 414 g/mol. The molecule has 0 saturated carbocycles. The number of thiophene rings is 1. The Morgan fingerprint density at radius 2 is 1.87 bits per heavy atom. The smallest absolute Gasteiger partial charge is 0.410 e. The Morgan fingerprint density at radius 1 is 1.13 bits per heavy atom. The molecule has 1 saturated heterocycles. The van der Waals surface area contributed by atoms with Crippen LogP contribution in [-0.4, -0.2) is 60.0 Å². The first kappa shape index (κ1) is 22.8. The van der Waals surface area contributed by atoms with Crippen molar-refractivity contribution in [2.45, 2.75) is 39.3 Å². The van der Waals surface area contributed by atoms with Crippen LogP contribution in [0.5, 0.6) is 0 Å². The van der Waals surface area contributed by atoms with Gasteiger partial charge >= 0.3 is 6.09 Å². The average molecular weight is 444 g/mol. The second-order valence-electron chi connectivity index (χ2n) is 8.56. The summed E-state index contributed by atoms with van der Waals surface area (Å²) in [5.41, 5.74) is 0.706. The van der Waals surface area contributed by atoms with Crippen molar-refractivity contribution in [3.05, 3.63) is 57.3 Å². The van der Waals surface area contributed by atoms with E-state index >= 15 is 0 Å². The zero-order valence-electron chi connectivity index (χ0n) is 18.6. The Hall–Kier alpha value is -2.87. The van der Waals surface area contributed by atoms with Gasteiger partial charge in [0.2, 0.25) is 0 Å². The van der Waals surface area contributed by atoms with Gasteiger partial charge in [0, 0.05) is 37.1 Å². The van der Waals surface area contributed by atoms with Crippen molar-refractivity contribution in [3.8, 4) is 0 Å². The molecule has 31 heavy (non-hydrogen) atoms. The summed E-state index contributed by atoms with van der Waals surface area (Å²) in [7, 11) is 1.58. The molecule has 2 aromatic rings. The maximum absolute atomic E-state index is 13.3. The topological polar surface area (TPSA) is 79.0 Å². The number of nitrogens with one attached hydrogen (secondary N) is 1. The zero-order valence-corrected chi connectivity index (χ0v) is 19.4. The van der Waals surface area contributed by atoms with E-state index in [1.807, 2.05) is 45.9 Å². The highest BCUT2D eigenvalue weighted by molar-refractivity contribution is 7.13. The normalized spacial score (nSPS) is 16.7. The highest BCUT2D eigenvalue weighted by atomic mass is 32.1. The fourth-order valence-corrected chi connectivity index (χ4v) is 4.35. The number of hydrogen-bond donors (Lipinski definition) is 1. The fraction of sp³-hybridized carbons (Fsp3) is 0.435. The third-order valence-corrected chi connectivity index (χ3v) is 5.99. The number of carbonyl (C=O) groups is 3. The number of aryl methyl sites for hydroxylation is 1. The van der Waals surface area contributed by atoms with E-state index in [2.05, 4.69) is 5.32 Å². The van der Waals surface area contributed by atoms with Gasteiger partial charge in [0.25, 0.3) is 11.8 Å². The minimum atomic E-state index is -0.604. The van der Waals surface area contributed by atoms with Crippen LogP contribution >= 0.6 is 11.3 Å². The molecule has 1 aliphatic rings. The molecule has 3 rings (SSSR count). The second kappa shape index (κ2) is 9.09. The van der Waals surface area contributed by atoms with E-state index < -0.39 is 11.7 Å². The molecule has 3 amide bonds. The molecule has 0 aliphatic carbocycles. The monoisotopic (exact) mass is 443 g/mol. The molecule has 1 aromatic heterocycles. The van der Waals surface area contributed by atoms with E-state index in [1.54, 1.807) is 35.0 Å². The molecule has 8 heteroatoms. The average Bonchev–Trinajstić information content (AvgIpc) is 3.17. The first-order valence-electron chi connectivity index (χ1n) is 10.3. The molecule has 0 bridgehead atoms. The van der Waals surface area contributed by atoms with E-state index in [0.717, 1.165) is 10.4 Å². The summed E-state index contributed by atoms with van der Waals surface area (Å²) in [6, 6.07) is 10.6. The minimum absolute atomic E-state index is 0.0720. The van der Waals surface area contributed by atoms with Crippen LogP contribution in [0.1, 0.15) is 57.3 Å². The summed E-state index contributed by atoms with van der Waals surface area (Å²) >= 11 is 1.45. The standard InChI is InChI=1S/C23H29N3O4S/c1-15-9-10-19(31-15)21(28)26-12-11-25(22(29)30-23(2,3)4)14-18(26)16-7-6-8-17(13-16)20(27)24-5/h6-10,13,18H,11-12,14H2,1-5H3,(H,24,27)/t18-/m1/s1. The summed E-state index contributed by atoms with van der Waals surface area (Å²) in [5, 5.41) is 2.62. The van der Waals surface area contributed by atoms with Crippen LogP contribution < -0.4 is 5.32 Å². The molecule has 0 radical (unpaired) electrons. The molecule has 1 aromatic carbocycles. The Balaban J connectivity index is 1.93. The predicted octanol–water partition coefficient (Wildman–Crippen LogP) is 3.85. The van der Waals surface area contributed by atoms with Gasteiger partial charge in [-0.2, -0.15) is 0 Å². The van der Waals surface area contributed by atoms with Gasteiger partial charge in [0.15, 0.2) is 0 Å². The second-order valence-corrected chi connectivity index (χ2v) is 9.84. The van der Waals surface area contributed by atoms with E-state index in [4.69, 9.17) is 4.74 Å². The molecule has 1 fully saturated rings. The van der Waals surface area contributed by atoms with Crippen molar-refractivity contribution < 1.29 is 19.1 Å². The summed E-state index contributed by atoms with van der Waals surface area (Å²) < 4.78 is 5.55. The largest absolute Gasteiger partial charge is 0.444 e. The van der Waals surface area contributed by atoms with E-state index in [0.29, 0.717) is 30.1 Å². The SMILES string of the molecule is CNC(=O)c1cccc([C@H]2CN(C(=O)OC(C)(C)C)CCN2C(=O)c2ccc(C)s2)c1. The van der Waals surface area contributed by atoms with E-state index in [9.17, 15) is 14.4 Å². The van der Waals surface area contributed by atoms with Gasteiger partial charge in [0.05, 0.1) is 10.9 Å². The van der Waals surface area contributed by atoms with E-state index in [1.165, 1.54) is 11.3 Å². The molecule has 1 atom stereocenters. The van der Waals surface area contributed by atoms with Crippen LogP contribution in [0.15, 0.2) is 36.4 Å². The van der Waals surface area contributed by atoms with Gasteiger partial charge in [-0.15, -0.1) is 11.3 Å². The summed E-state index contributed by atoms with van der Waals surface area (Å²) in [6.07, 6.45) is -0.404. The van der Waals surface area contributed by atoms with Gasteiger partial charge in [-0.3, -0.25) is 9.59 Å². The van der Waals surface area contributed by atoms with Crippen molar-refractivity contribution in [2.75, 3.05) is 26.7 Å². The first-order valence-corrected chi connectivity index (χ1v) is 11.1. The number of ether oxygens (including phenoxy) is 1. The number of amides is 3. The van der Waals surface area contributed by atoms with Crippen LogP contribution in [0.25, 0.3) is 0 Å². The Labute approximate surface area is 187 Å². The van der Waals surface area contributed by atoms with Crippen molar-refractivity contribution in [1.82, 2.24) is 15.1 Å². The summed E-state index contributed by atoms with van der Waals surface area (Å²) in [6.45, 7) is 8.51. The number of nitrogens with zero attached hydrogens (tertiary/aromatic N) is 2. The zero-order chi connectivity index (χ0) is 22.8. The van der Waals surface area contributed by atoms with Crippen LogP contribution in [0.4, 0.5) is 4.79 Å².